The lowest BCUT2D eigenvalue weighted by molar-refractivity contribution is 0.234. The van der Waals surface area contributed by atoms with E-state index in [0.717, 1.165) is 5.56 Å². The van der Waals surface area contributed by atoms with Crippen molar-refractivity contribution >= 4 is 17.9 Å². The second-order valence-corrected chi connectivity index (χ2v) is 4.03. The molecule has 17 heavy (non-hydrogen) atoms. The van der Waals surface area contributed by atoms with E-state index >= 15 is 0 Å². The summed E-state index contributed by atoms with van der Waals surface area (Å²) in [5.74, 6) is -0.112. The first-order valence-corrected chi connectivity index (χ1v) is 5.84. The van der Waals surface area contributed by atoms with E-state index in [2.05, 4.69) is 12.6 Å². The third-order valence-corrected chi connectivity index (χ3v) is 2.70. The number of amides is 1. The van der Waals surface area contributed by atoms with Gasteiger partial charge in [0.25, 0.3) is 5.24 Å². The van der Waals surface area contributed by atoms with Gasteiger partial charge >= 0.3 is 0 Å². The Bertz CT molecular complexity index is 398. The zero-order valence-electron chi connectivity index (χ0n) is 9.94. The largest absolute Gasteiger partial charge is 0.491 e. The summed E-state index contributed by atoms with van der Waals surface area (Å²) in [5.41, 5.74) is 0.826. The Hall–Kier alpha value is -1.23. The van der Waals surface area contributed by atoms with Crippen LogP contribution in [0.2, 0.25) is 0 Å². The molecule has 0 fully saturated rings. The van der Waals surface area contributed by atoms with Crippen LogP contribution in [0.3, 0.4) is 0 Å². The molecule has 94 valence electrons. The van der Waals surface area contributed by atoms with E-state index < -0.39 is 0 Å². The van der Waals surface area contributed by atoms with Gasteiger partial charge in [0.15, 0.2) is 11.6 Å². The minimum Gasteiger partial charge on any atom is -0.491 e. The Morgan fingerprint density at radius 2 is 2.24 bits per heavy atom. The van der Waals surface area contributed by atoms with Gasteiger partial charge in [-0.2, -0.15) is 0 Å². The predicted octanol–water partition coefficient (Wildman–Crippen LogP) is 2.75. The molecule has 0 aliphatic carbocycles. The number of thiol groups is 1. The topological polar surface area (TPSA) is 29.5 Å². The Morgan fingerprint density at radius 1 is 1.53 bits per heavy atom. The number of hydrogen-bond donors (Lipinski definition) is 1. The molecule has 1 amide bonds. The zero-order chi connectivity index (χ0) is 12.8. The van der Waals surface area contributed by atoms with Crippen LogP contribution in [0.1, 0.15) is 12.5 Å². The summed E-state index contributed by atoms with van der Waals surface area (Å²) in [5, 5.41) is -0.295. The first-order chi connectivity index (χ1) is 8.04. The van der Waals surface area contributed by atoms with Crippen molar-refractivity contribution in [1.82, 2.24) is 4.90 Å². The fourth-order valence-electron chi connectivity index (χ4n) is 1.36. The monoisotopic (exact) mass is 257 g/mol. The van der Waals surface area contributed by atoms with Crippen LogP contribution < -0.4 is 4.74 Å². The average molecular weight is 257 g/mol. The Labute approximate surface area is 106 Å². The van der Waals surface area contributed by atoms with Crippen LogP contribution in [0.25, 0.3) is 0 Å². The number of halogens is 1. The van der Waals surface area contributed by atoms with Gasteiger partial charge in [0.05, 0.1) is 6.61 Å². The summed E-state index contributed by atoms with van der Waals surface area (Å²) < 4.78 is 18.6. The number of likely N-dealkylation sites (N-methyl/N-ethyl adjacent to an activating group) is 1. The minimum atomic E-state index is -0.371. The number of nitrogens with zero attached hydrogens (tertiary/aromatic N) is 1. The van der Waals surface area contributed by atoms with Crippen molar-refractivity contribution in [3.63, 3.8) is 0 Å². The second-order valence-electron chi connectivity index (χ2n) is 3.65. The first kappa shape index (κ1) is 13.8. The SMILES string of the molecule is CCOc1ccc(CCN(C)C(=O)S)cc1F. The van der Waals surface area contributed by atoms with Crippen molar-refractivity contribution in [2.45, 2.75) is 13.3 Å². The van der Waals surface area contributed by atoms with Crippen LogP contribution in [-0.4, -0.2) is 30.3 Å². The quantitative estimate of drug-likeness (QED) is 0.822. The molecule has 0 aliphatic heterocycles. The highest BCUT2D eigenvalue weighted by molar-refractivity contribution is 7.96. The van der Waals surface area contributed by atoms with E-state index in [-0.39, 0.29) is 16.8 Å². The van der Waals surface area contributed by atoms with Crippen LogP contribution in [0.4, 0.5) is 9.18 Å². The van der Waals surface area contributed by atoms with Crippen molar-refractivity contribution in [2.75, 3.05) is 20.2 Å². The maximum atomic E-state index is 13.5. The van der Waals surface area contributed by atoms with Crippen molar-refractivity contribution in [2.24, 2.45) is 0 Å². The van der Waals surface area contributed by atoms with Crippen molar-refractivity contribution in [1.29, 1.82) is 0 Å². The average Bonchev–Trinajstić information content (AvgIpc) is 2.29. The molecule has 0 atom stereocenters. The van der Waals surface area contributed by atoms with E-state index in [4.69, 9.17) is 4.74 Å². The summed E-state index contributed by atoms with van der Waals surface area (Å²) in [6.45, 7) is 2.75. The molecule has 0 unspecified atom stereocenters. The van der Waals surface area contributed by atoms with Crippen molar-refractivity contribution < 1.29 is 13.9 Å². The number of hydrogen-bond acceptors (Lipinski definition) is 2. The van der Waals surface area contributed by atoms with Crippen LogP contribution in [0, 0.1) is 5.82 Å². The predicted molar refractivity (Wildman–Crippen MR) is 68.3 cm³/mol. The third-order valence-electron chi connectivity index (χ3n) is 2.36. The number of carbonyl (C=O) groups excluding carboxylic acids is 1. The minimum absolute atomic E-state index is 0.259. The summed E-state index contributed by atoms with van der Waals surface area (Å²) in [6, 6.07) is 4.84. The molecule has 1 aromatic carbocycles. The molecule has 0 bridgehead atoms. The van der Waals surface area contributed by atoms with Gasteiger partial charge in [-0.05, 0) is 31.0 Å². The van der Waals surface area contributed by atoms with Crippen LogP contribution in [0.15, 0.2) is 18.2 Å². The molecule has 0 spiro atoms. The summed E-state index contributed by atoms with van der Waals surface area (Å²) in [4.78, 5) is 12.3. The molecule has 1 rings (SSSR count). The van der Waals surface area contributed by atoms with Crippen LogP contribution >= 0.6 is 12.6 Å². The van der Waals surface area contributed by atoms with E-state index in [1.165, 1.54) is 11.0 Å². The first-order valence-electron chi connectivity index (χ1n) is 5.40. The molecule has 0 N–H and O–H groups in total. The van der Waals surface area contributed by atoms with E-state index in [1.54, 1.807) is 26.1 Å². The fourth-order valence-corrected chi connectivity index (χ4v) is 1.46. The summed E-state index contributed by atoms with van der Waals surface area (Å²) >= 11 is 3.70. The van der Waals surface area contributed by atoms with Crippen molar-refractivity contribution in [3.05, 3.63) is 29.6 Å². The molecule has 0 aromatic heterocycles. The molecule has 0 saturated carbocycles. The number of carbonyl (C=O) groups is 1. The van der Waals surface area contributed by atoms with E-state index in [0.29, 0.717) is 19.6 Å². The number of benzene rings is 1. The lowest BCUT2D eigenvalue weighted by Gasteiger charge is -2.14. The lowest BCUT2D eigenvalue weighted by Crippen LogP contribution is -2.23. The van der Waals surface area contributed by atoms with E-state index in [1.807, 2.05) is 0 Å². The van der Waals surface area contributed by atoms with Gasteiger partial charge in [-0.3, -0.25) is 4.79 Å². The van der Waals surface area contributed by atoms with Crippen molar-refractivity contribution in [3.8, 4) is 5.75 Å². The maximum absolute atomic E-state index is 13.5. The number of rotatable bonds is 5. The highest BCUT2D eigenvalue weighted by Crippen LogP contribution is 2.18. The Kier molecular flexibility index (Phi) is 5.28. The van der Waals surface area contributed by atoms with Gasteiger partial charge in [-0.25, -0.2) is 4.39 Å². The standard InChI is InChI=1S/C12H16FNO2S/c1-3-16-11-5-4-9(8-10(11)13)6-7-14(2)12(15)17/h4-5,8H,3,6-7H2,1-2H3,(H,15,17). The molecule has 0 heterocycles. The molecule has 3 nitrogen and oxygen atoms in total. The third kappa shape index (κ3) is 4.26. The molecule has 1 aromatic rings. The second kappa shape index (κ2) is 6.49. The van der Waals surface area contributed by atoms with E-state index in [9.17, 15) is 9.18 Å². The molecule has 0 saturated heterocycles. The highest BCUT2D eigenvalue weighted by Gasteiger charge is 2.06. The van der Waals surface area contributed by atoms with Gasteiger partial charge in [0.2, 0.25) is 0 Å². The van der Waals surface area contributed by atoms with Gasteiger partial charge in [-0.1, -0.05) is 18.7 Å². The molecule has 0 radical (unpaired) electrons. The Morgan fingerprint density at radius 3 is 2.76 bits per heavy atom. The highest BCUT2D eigenvalue weighted by atomic mass is 32.1. The lowest BCUT2D eigenvalue weighted by atomic mass is 10.1. The van der Waals surface area contributed by atoms with Crippen LogP contribution in [-0.2, 0) is 6.42 Å². The Balaban J connectivity index is 2.61. The summed E-state index contributed by atoms with van der Waals surface area (Å²) in [7, 11) is 1.65. The van der Waals surface area contributed by atoms with Gasteiger partial charge in [-0.15, -0.1) is 0 Å². The molecule has 5 heteroatoms. The fraction of sp³-hybridized carbons (Fsp3) is 0.417. The smallest absolute Gasteiger partial charge is 0.278 e. The summed E-state index contributed by atoms with van der Waals surface area (Å²) in [6.07, 6.45) is 0.589. The van der Waals surface area contributed by atoms with Crippen LogP contribution in [0.5, 0.6) is 5.75 Å². The molecule has 0 aliphatic rings. The maximum Gasteiger partial charge on any atom is 0.278 e. The van der Waals surface area contributed by atoms with Gasteiger partial charge in [0.1, 0.15) is 0 Å². The van der Waals surface area contributed by atoms with Gasteiger partial charge < -0.3 is 9.64 Å². The number of ether oxygens (including phenoxy) is 1. The normalized spacial score (nSPS) is 10.1. The molecular weight excluding hydrogens is 241 g/mol. The zero-order valence-corrected chi connectivity index (χ0v) is 10.8. The molecular formula is C12H16FNO2S. The van der Waals surface area contributed by atoms with Gasteiger partial charge in [0, 0.05) is 13.6 Å².